The van der Waals surface area contributed by atoms with Crippen LogP contribution in [0.4, 0.5) is 4.39 Å². The van der Waals surface area contributed by atoms with Crippen molar-refractivity contribution in [2.24, 2.45) is 0 Å². The first-order valence-electron chi connectivity index (χ1n) is 9.39. The highest BCUT2D eigenvalue weighted by molar-refractivity contribution is 5.67. The Morgan fingerprint density at radius 2 is 1.65 bits per heavy atom. The average Bonchev–Trinajstić information content (AvgIpc) is 2.59. The van der Waals surface area contributed by atoms with Crippen LogP contribution in [-0.4, -0.2) is 45.9 Å². The minimum atomic E-state index is -0.489. The molecule has 0 radical (unpaired) electrons. The van der Waals surface area contributed by atoms with Crippen molar-refractivity contribution in [1.29, 1.82) is 0 Å². The molecule has 3 nitrogen and oxygen atoms in total. The molecule has 3 rings (SSSR count). The summed E-state index contributed by atoms with van der Waals surface area (Å²) in [6.45, 7) is 4.81. The second kappa shape index (κ2) is 8.30. The van der Waals surface area contributed by atoms with Crippen molar-refractivity contribution in [2.75, 3.05) is 6.54 Å². The van der Waals surface area contributed by atoms with E-state index in [4.69, 9.17) is 0 Å². The average molecular weight is 357 g/mol. The van der Waals surface area contributed by atoms with E-state index in [1.165, 1.54) is 12.1 Å². The molecule has 3 unspecified atom stereocenters. The van der Waals surface area contributed by atoms with Crippen LogP contribution in [0.15, 0.2) is 48.5 Å². The van der Waals surface area contributed by atoms with Gasteiger partial charge in [-0.1, -0.05) is 36.4 Å². The number of likely N-dealkylation sites (tertiary alicyclic amines) is 1. The van der Waals surface area contributed by atoms with Crippen molar-refractivity contribution < 1.29 is 14.6 Å². The van der Waals surface area contributed by atoms with Crippen LogP contribution < -0.4 is 0 Å². The van der Waals surface area contributed by atoms with Crippen LogP contribution in [0.25, 0.3) is 11.1 Å². The van der Waals surface area contributed by atoms with E-state index in [1.807, 2.05) is 24.3 Å². The number of piperidine rings is 1. The van der Waals surface area contributed by atoms with Gasteiger partial charge in [-0.2, -0.15) is 0 Å². The maximum absolute atomic E-state index is 13.2. The summed E-state index contributed by atoms with van der Waals surface area (Å²) < 4.78 is 13.2. The van der Waals surface area contributed by atoms with E-state index in [1.54, 1.807) is 12.1 Å². The summed E-state index contributed by atoms with van der Waals surface area (Å²) in [7, 11) is 0. The Morgan fingerprint density at radius 3 is 2.31 bits per heavy atom. The van der Waals surface area contributed by atoms with E-state index in [0.717, 1.165) is 29.5 Å². The lowest BCUT2D eigenvalue weighted by Crippen LogP contribution is -2.51. The van der Waals surface area contributed by atoms with Gasteiger partial charge in [0, 0.05) is 25.0 Å². The second-order valence-corrected chi connectivity index (χ2v) is 7.54. The van der Waals surface area contributed by atoms with Crippen molar-refractivity contribution in [3.63, 3.8) is 0 Å². The Labute approximate surface area is 155 Å². The molecule has 0 amide bonds. The van der Waals surface area contributed by atoms with Crippen molar-refractivity contribution in [1.82, 2.24) is 4.90 Å². The zero-order chi connectivity index (χ0) is 18.7. The summed E-state index contributed by atoms with van der Waals surface area (Å²) in [5.41, 5.74) is 3.04. The SMILES string of the molecule is CC1CC(O)CC(C)N1CC(O)Cc1ccccc1-c1ccc(F)cc1. The molecule has 3 atom stereocenters. The Morgan fingerprint density at radius 1 is 1.04 bits per heavy atom. The van der Waals surface area contributed by atoms with Crippen LogP contribution in [0.1, 0.15) is 32.3 Å². The van der Waals surface area contributed by atoms with E-state index >= 15 is 0 Å². The molecule has 4 heteroatoms. The standard InChI is InChI=1S/C22H28FNO2/c1-15-11-20(25)12-16(2)24(15)14-21(26)13-18-5-3-4-6-22(18)17-7-9-19(23)10-8-17/h3-10,15-16,20-21,25-26H,11-14H2,1-2H3. The third-order valence-electron chi connectivity index (χ3n) is 5.41. The van der Waals surface area contributed by atoms with E-state index < -0.39 is 6.10 Å². The first-order valence-corrected chi connectivity index (χ1v) is 9.39. The van der Waals surface area contributed by atoms with Gasteiger partial charge < -0.3 is 10.2 Å². The van der Waals surface area contributed by atoms with Gasteiger partial charge in [-0.15, -0.1) is 0 Å². The van der Waals surface area contributed by atoms with E-state index in [-0.39, 0.29) is 24.0 Å². The normalized spacial score (nSPS) is 25.2. The fourth-order valence-electron chi connectivity index (χ4n) is 4.12. The van der Waals surface area contributed by atoms with Gasteiger partial charge in [0.05, 0.1) is 12.2 Å². The van der Waals surface area contributed by atoms with Crippen LogP contribution >= 0.6 is 0 Å². The van der Waals surface area contributed by atoms with Crippen molar-refractivity contribution in [3.8, 4) is 11.1 Å². The number of halogens is 1. The fourth-order valence-corrected chi connectivity index (χ4v) is 4.12. The van der Waals surface area contributed by atoms with Gasteiger partial charge in [0.2, 0.25) is 0 Å². The van der Waals surface area contributed by atoms with E-state index in [2.05, 4.69) is 18.7 Å². The lowest BCUT2D eigenvalue weighted by molar-refractivity contribution is -0.0110. The molecule has 1 aliphatic heterocycles. The van der Waals surface area contributed by atoms with Gasteiger partial charge in [0.25, 0.3) is 0 Å². The number of rotatable bonds is 5. The Balaban J connectivity index is 1.72. The minimum Gasteiger partial charge on any atom is -0.393 e. The van der Waals surface area contributed by atoms with Crippen molar-refractivity contribution in [3.05, 3.63) is 59.9 Å². The molecule has 140 valence electrons. The van der Waals surface area contributed by atoms with Gasteiger partial charge in [-0.05, 0) is 55.5 Å². The molecule has 0 aromatic heterocycles. The Kier molecular flexibility index (Phi) is 6.07. The van der Waals surface area contributed by atoms with Crippen LogP contribution in [0.5, 0.6) is 0 Å². The maximum Gasteiger partial charge on any atom is 0.123 e. The largest absolute Gasteiger partial charge is 0.393 e. The van der Waals surface area contributed by atoms with Crippen molar-refractivity contribution in [2.45, 2.75) is 57.4 Å². The van der Waals surface area contributed by atoms with Crippen LogP contribution in [0.2, 0.25) is 0 Å². The maximum atomic E-state index is 13.2. The predicted molar refractivity (Wildman–Crippen MR) is 102 cm³/mol. The quantitative estimate of drug-likeness (QED) is 0.859. The van der Waals surface area contributed by atoms with Gasteiger partial charge in [-0.25, -0.2) is 4.39 Å². The molecule has 1 heterocycles. The molecule has 0 aliphatic carbocycles. The predicted octanol–water partition coefficient (Wildman–Crippen LogP) is 3.63. The third kappa shape index (κ3) is 4.50. The number of hydrogen-bond donors (Lipinski definition) is 2. The van der Waals surface area contributed by atoms with E-state index in [9.17, 15) is 14.6 Å². The monoisotopic (exact) mass is 357 g/mol. The highest BCUT2D eigenvalue weighted by atomic mass is 19.1. The lowest BCUT2D eigenvalue weighted by Gasteiger charge is -2.42. The Bertz CT molecular complexity index is 706. The Hall–Kier alpha value is -1.75. The molecule has 0 bridgehead atoms. The first kappa shape index (κ1) is 19.0. The third-order valence-corrected chi connectivity index (χ3v) is 5.41. The molecule has 1 aliphatic rings. The molecule has 1 fully saturated rings. The number of hydrogen-bond acceptors (Lipinski definition) is 3. The first-order chi connectivity index (χ1) is 12.4. The molecule has 0 saturated carbocycles. The molecule has 0 spiro atoms. The molecule has 26 heavy (non-hydrogen) atoms. The zero-order valence-electron chi connectivity index (χ0n) is 15.5. The number of benzene rings is 2. The van der Waals surface area contributed by atoms with Crippen molar-refractivity contribution >= 4 is 0 Å². The number of aliphatic hydroxyl groups is 2. The van der Waals surface area contributed by atoms with E-state index in [0.29, 0.717) is 13.0 Å². The highest BCUT2D eigenvalue weighted by Crippen LogP contribution is 2.27. The van der Waals surface area contributed by atoms with Gasteiger partial charge in [-0.3, -0.25) is 4.90 Å². The summed E-state index contributed by atoms with van der Waals surface area (Å²) in [6, 6.07) is 15.0. The minimum absolute atomic E-state index is 0.243. The smallest absolute Gasteiger partial charge is 0.123 e. The molecule has 1 saturated heterocycles. The van der Waals surface area contributed by atoms with Gasteiger partial charge >= 0.3 is 0 Å². The number of aliphatic hydroxyl groups excluding tert-OH is 2. The number of nitrogens with zero attached hydrogens (tertiary/aromatic N) is 1. The zero-order valence-corrected chi connectivity index (χ0v) is 15.5. The van der Waals surface area contributed by atoms with Crippen LogP contribution in [-0.2, 0) is 6.42 Å². The van der Waals surface area contributed by atoms with Crippen LogP contribution in [0.3, 0.4) is 0 Å². The molecular weight excluding hydrogens is 329 g/mol. The highest BCUT2D eigenvalue weighted by Gasteiger charge is 2.31. The summed E-state index contributed by atoms with van der Waals surface area (Å²) in [4.78, 5) is 2.29. The second-order valence-electron chi connectivity index (χ2n) is 7.54. The summed E-state index contributed by atoms with van der Waals surface area (Å²) in [5.74, 6) is -0.249. The van der Waals surface area contributed by atoms with Gasteiger partial charge in [0.1, 0.15) is 5.82 Å². The summed E-state index contributed by atoms with van der Waals surface area (Å²) >= 11 is 0. The lowest BCUT2D eigenvalue weighted by atomic mass is 9.92. The fraction of sp³-hybridized carbons (Fsp3) is 0.455. The molecular formula is C22H28FNO2. The molecule has 2 aromatic rings. The molecule has 2 aromatic carbocycles. The summed E-state index contributed by atoms with van der Waals surface area (Å²) in [5, 5.41) is 20.6. The topological polar surface area (TPSA) is 43.7 Å². The molecule has 2 N–H and O–H groups in total. The van der Waals surface area contributed by atoms with Crippen LogP contribution in [0, 0.1) is 5.82 Å². The summed E-state index contributed by atoms with van der Waals surface area (Å²) in [6.07, 6.45) is 1.32. The number of β-amino-alcohol motifs (C(OH)–C–C–N with tert-alkyl or cyclic N) is 1. The van der Waals surface area contributed by atoms with Gasteiger partial charge in [0.15, 0.2) is 0 Å².